The zero-order chi connectivity index (χ0) is 20.5. The van der Waals surface area contributed by atoms with Gasteiger partial charge in [-0.2, -0.15) is 0 Å². The molecule has 2 aromatic rings. The van der Waals surface area contributed by atoms with E-state index in [4.69, 9.17) is 0 Å². The van der Waals surface area contributed by atoms with Gasteiger partial charge in [0.25, 0.3) is 11.8 Å². The maximum Gasteiger partial charge on any atom is 0.269 e. The first-order valence-electron chi connectivity index (χ1n) is 9.08. The number of hydrogen-bond donors (Lipinski definition) is 3. The number of rotatable bonds is 6. The second-order valence-corrected chi connectivity index (χ2v) is 6.91. The Balaban J connectivity index is 1.82. The van der Waals surface area contributed by atoms with E-state index in [-0.39, 0.29) is 11.8 Å². The molecule has 0 heterocycles. The average molecular weight is 379 g/mol. The largest absolute Gasteiger partial charge is 0.326 e. The van der Waals surface area contributed by atoms with Gasteiger partial charge in [0.2, 0.25) is 5.91 Å². The predicted octanol–water partition coefficient (Wildman–Crippen LogP) is 3.45. The summed E-state index contributed by atoms with van der Waals surface area (Å²) in [7, 11) is 0. The molecule has 6 nitrogen and oxygen atoms in total. The zero-order valence-electron chi connectivity index (χ0n) is 16.3. The molecule has 3 N–H and O–H groups in total. The lowest BCUT2D eigenvalue weighted by molar-refractivity contribution is -0.117. The van der Waals surface area contributed by atoms with E-state index in [1.54, 1.807) is 30.3 Å². The molecule has 0 fully saturated rings. The van der Waals surface area contributed by atoms with Crippen LogP contribution in [0.25, 0.3) is 6.08 Å². The van der Waals surface area contributed by atoms with E-state index in [1.807, 2.05) is 45.0 Å². The summed E-state index contributed by atoms with van der Waals surface area (Å²) >= 11 is 0. The molecular weight excluding hydrogens is 354 g/mol. The molecule has 3 amide bonds. The molecule has 0 radical (unpaired) electrons. The summed E-state index contributed by atoms with van der Waals surface area (Å²) < 4.78 is 0. The van der Waals surface area contributed by atoms with Crippen molar-refractivity contribution < 1.29 is 14.4 Å². The van der Waals surface area contributed by atoms with Crippen molar-refractivity contribution in [3.63, 3.8) is 0 Å². The lowest BCUT2D eigenvalue weighted by atomic mass is 10.1. The molecule has 2 rings (SSSR count). The van der Waals surface area contributed by atoms with Gasteiger partial charge in [-0.25, -0.2) is 0 Å². The van der Waals surface area contributed by atoms with Crippen LogP contribution in [0, 0.1) is 12.8 Å². The molecule has 6 heteroatoms. The van der Waals surface area contributed by atoms with Crippen molar-refractivity contribution in [2.24, 2.45) is 5.92 Å². The Bertz CT molecular complexity index is 854. The third-order valence-electron chi connectivity index (χ3n) is 3.83. The Morgan fingerprint density at radius 3 is 2.18 bits per heavy atom. The van der Waals surface area contributed by atoms with Crippen LogP contribution >= 0.6 is 0 Å². The van der Waals surface area contributed by atoms with Gasteiger partial charge in [0, 0.05) is 23.7 Å². The topological polar surface area (TPSA) is 87.3 Å². The van der Waals surface area contributed by atoms with Crippen molar-refractivity contribution >= 4 is 29.5 Å². The Hall–Kier alpha value is -3.41. The minimum atomic E-state index is -0.447. The minimum absolute atomic E-state index is 0.0696. The molecule has 0 bridgehead atoms. The Morgan fingerprint density at radius 2 is 1.57 bits per heavy atom. The van der Waals surface area contributed by atoms with E-state index in [1.165, 1.54) is 6.08 Å². The van der Waals surface area contributed by atoms with E-state index in [0.717, 1.165) is 11.1 Å². The van der Waals surface area contributed by atoms with Gasteiger partial charge < -0.3 is 5.32 Å². The summed E-state index contributed by atoms with van der Waals surface area (Å²) in [5, 5.41) is 2.78. The van der Waals surface area contributed by atoms with Crippen LogP contribution in [0.3, 0.4) is 0 Å². The first kappa shape index (κ1) is 20.9. The summed E-state index contributed by atoms with van der Waals surface area (Å²) in [6.45, 7) is 5.93. The van der Waals surface area contributed by atoms with Crippen molar-refractivity contribution in [2.45, 2.75) is 27.2 Å². The maximum atomic E-state index is 12.1. The second kappa shape index (κ2) is 10.1. The molecule has 0 aliphatic heterocycles. The number of aryl methyl sites for hydroxylation is 1. The molecule has 0 saturated heterocycles. The molecule has 0 aromatic heterocycles. The third kappa shape index (κ3) is 7.07. The van der Waals surface area contributed by atoms with Gasteiger partial charge in [-0.05, 0) is 48.7 Å². The quantitative estimate of drug-likeness (QED) is 0.531. The predicted molar refractivity (Wildman–Crippen MR) is 110 cm³/mol. The van der Waals surface area contributed by atoms with Crippen molar-refractivity contribution in [2.75, 3.05) is 5.32 Å². The van der Waals surface area contributed by atoms with E-state index in [9.17, 15) is 14.4 Å². The molecule has 0 saturated carbocycles. The number of anilines is 1. The molecule has 0 spiro atoms. The molecule has 0 aliphatic carbocycles. The van der Waals surface area contributed by atoms with Crippen LogP contribution < -0.4 is 16.2 Å². The van der Waals surface area contributed by atoms with Gasteiger partial charge in [-0.15, -0.1) is 0 Å². The van der Waals surface area contributed by atoms with Gasteiger partial charge in [-0.1, -0.05) is 43.7 Å². The summed E-state index contributed by atoms with van der Waals surface area (Å²) in [6, 6.07) is 14.2. The van der Waals surface area contributed by atoms with Crippen LogP contribution in [-0.4, -0.2) is 17.7 Å². The molecule has 28 heavy (non-hydrogen) atoms. The number of benzene rings is 2. The third-order valence-corrected chi connectivity index (χ3v) is 3.83. The Kier molecular flexibility index (Phi) is 7.51. The molecule has 0 unspecified atom stereocenters. The van der Waals surface area contributed by atoms with Crippen LogP contribution in [0.1, 0.15) is 41.8 Å². The molecule has 0 aliphatic rings. The standard InChI is InChI=1S/C22H25N3O3/c1-15(2)14-21(27)23-19-11-9-18(10-12-19)22(28)25-24-20(26)13-8-17-6-4-16(3)5-7-17/h4-13,15H,14H2,1-3H3,(H,23,27)(H,24,26)(H,25,28). The van der Waals surface area contributed by atoms with Crippen LogP contribution in [-0.2, 0) is 9.59 Å². The Labute approximate surface area is 165 Å². The van der Waals surface area contributed by atoms with E-state index in [2.05, 4.69) is 16.2 Å². The minimum Gasteiger partial charge on any atom is -0.326 e. The molecule has 2 aromatic carbocycles. The fraction of sp³-hybridized carbons (Fsp3) is 0.227. The number of hydrogen-bond acceptors (Lipinski definition) is 3. The smallest absolute Gasteiger partial charge is 0.269 e. The van der Waals surface area contributed by atoms with Crippen molar-refractivity contribution in [3.05, 3.63) is 71.3 Å². The van der Waals surface area contributed by atoms with Crippen LogP contribution in [0.15, 0.2) is 54.6 Å². The SMILES string of the molecule is Cc1ccc(C=CC(=O)NNC(=O)c2ccc(NC(=O)CC(C)C)cc2)cc1. The fourth-order valence-electron chi connectivity index (χ4n) is 2.37. The summed E-state index contributed by atoms with van der Waals surface area (Å²) in [6.07, 6.45) is 3.44. The second-order valence-electron chi connectivity index (χ2n) is 6.91. The molecule has 146 valence electrons. The van der Waals surface area contributed by atoms with Gasteiger partial charge in [0.15, 0.2) is 0 Å². The van der Waals surface area contributed by atoms with Crippen LogP contribution in [0.5, 0.6) is 0 Å². The highest BCUT2D eigenvalue weighted by atomic mass is 16.2. The van der Waals surface area contributed by atoms with E-state index in [0.29, 0.717) is 17.7 Å². The van der Waals surface area contributed by atoms with Crippen LogP contribution in [0.2, 0.25) is 0 Å². The van der Waals surface area contributed by atoms with Crippen LogP contribution in [0.4, 0.5) is 5.69 Å². The summed E-state index contributed by atoms with van der Waals surface area (Å²) in [5.41, 5.74) is 7.70. The highest BCUT2D eigenvalue weighted by Crippen LogP contribution is 2.11. The van der Waals surface area contributed by atoms with Crippen molar-refractivity contribution in [1.82, 2.24) is 10.9 Å². The van der Waals surface area contributed by atoms with Gasteiger partial charge in [0.1, 0.15) is 0 Å². The first-order chi connectivity index (χ1) is 13.3. The normalized spacial score (nSPS) is 10.7. The lowest BCUT2D eigenvalue weighted by Gasteiger charge is -2.08. The van der Waals surface area contributed by atoms with E-state index < -0.39 is 11.8 Å². The zero-order valence-corrected chi connectivity index (χ0v) is 16.3. The van der Waals surface area contributed by atoms with Crippen molar-refractivity contribution in [1.29, 1.82) is 0 Å². The number of nitrogens with one attached hydrogen (secondary N) is 3. The summed E-state index contributed by atoms with van der Waals surface area (Å²) in [4.78, 5) is 35.7. The first-order valence-corrected chi connectivity index (χ1v) is 9.08. The van der Waals surface area contributed by atoms with Gasteiger partial charge in [0.05, 0.1) is 0 Å². The average Bonchev–Trinajstić information content (AvgIpc) is 2.65. The number of hydrazine groups is 1. The highest BCUT2D eigenvalue weighted by Gasteiger charge is 2.08. The fourth-order valence-corrected chi connectivity index (χ4v) is 2.37. The highest BCUT2D eigenvalue weighted by molar-refractivity contribution is 5.98. The molecular formula is C22H25N3O3. The van der Waals surface area contributed by atoms with E-state index >= 15 is 0 Å². The molecule has 0 atom stereocenters. The summed E-state index contributed by atoms with van der Waals surface area (Å²) in [5.74, 6) is -0.683. The lowest BCUT2D eigenvalue weighted by Crippen LogP contribution is -2.40. The maximum absolute atomic E-state index is 12.1. The monoisotopic (exact) mass is 379 g/mol. The van der Waals surface area contributed by atoms with Gasteiger partial charge >= 0.3 is 0 Å². The number of carbonyl (C=O) groups excluding carboxylic acids is 3. The Morgan fingerprint density at radius 1 is 0.929 bits per heavy atom. The van der Waals surface area contributed by atoms with Gasteiger partial charge in [-0.3, -0.25) is 25.2 Å². The number of amides is 3. The van der Waals surface area contributed by atoms with Crippen molar-refractivity contribution in [3.8, 4) is 0 Å². The number of carbonyl (C=O) groups is 3.